The fourth-order valence-corrected chi connectivity index (χ4v) is 2.89. The van der Waals surface area contributed by atoms with Crippen LogP contribution in [0.2, 0.25) is 0 Å². The van der Waals surface area contributed by atoms with Gasteiger partial charge < -0.3 is 19.5 Å². The lowest BCUT2D eigenvalue weighted by Gasteiger charge is -2.29. The molecule has 0 bridgehead atoms. The van der Waals surface area contributed by atoms with E-state index in [9.17, 15) is 9.59 Å². The number of carbonyl (C=O) groups is 2. The molecule has 0 unspecified atom stereocenters. The van der Waals surface area contributed by atoms with E-state index in [1.165, 1.54) is 0 Å². The van der Waals surface area contributed by atoms with Crippen molar-refractivity contribution < 1.29 is 18.8 Å². The molecule has 0 saturated carbocycles. The van der Waals surface area contributed by atoms with E-state index >= 15 is 0 Å². The molecule has 0 saturated heterocycles. The zero-order valence-corrected chi connectivity index (χ0v) is 14.6. The van der Waals surface area contributed by atoms with Crippen molar-refractivity contribution in [3.05, 3.63) is 71.5 Å². The Labute approximate surface area is 155 Å². The highest BCUT2D eigenvalue weighted by Gasteiger charge is 2.25. The van der Waals surface area contributed by atoms with Gasteiger partial charge in [0.15, 0.2) is 12.4 Å². The predicted octanol–water partition coefficient (Wildman–Crippen LogP) is 3.16. The van der Waals surface area contributed by atoms with Gasteiger partial charge in [-0.25, -0.2) is 0 Å². The lowest BCUT2D eigenvalue weighted by Crippen LogP contribution is -2.38. The molecule has 0 atom stereocenters. The number of nitrogens with zero attached hydrogens (tertiary/aromatic N) is 2. The molecule has 1 aromatic heterocycles. The van der Waals surface area contributed by atoms with E-state index < -0.39 is 0 Å². The monoisotopic (exact) mass is 363 g/mol. The van der Waals surface area contributed by atoms with Gasteiger partial charge in [0.1, 0.15) is 11.5 Å². The average molecular weight is 363 g/mol. The van der Waals surface area contributed by atoms with Crippen molar-refractivity contribution in [3.8, 4) is 5.75 Å². The Kier molecular flexibility index (Phi) is 4.33. The number of amides is 2. The number of benzene rings is 2. The highest BCUT2D eigenvalue weighted by molar-refractivity contribution is 6.03. The van der Waals surface area contributed by atoms with Gasteiger partial charge in [0.25, 0.3) is 11.8 Å². The lowest BCUT2D eigenvalue weighted by molar-refractivity contribution is -0.121. The van der Waals surface area contributed by atoms with E-state index in [-0.39, 0.29) is 18.4 Å². The largest absolute Gasteiger partial charge is 0.482 e. The summed E-state index contributed by atoms with van der Waals surface area (Å²) >= 11 is 0. The number of carbonyl (C=O) groups excluding carboxylic acids is 2. The molecule has 2 amide bonds. The van der Waals surface area contributed by atoms with Crippen LogP contribution in [0.4, 0.5) is 11.5 Å². The number of anilines is 2. The Morgan fingerprint density at radius 1 is 1.19 bits per heavy atom. The third kappa shape index (κ3) is 3.52. The molecule has 0 spiro atoms. The molecule has 0 aliphatic carbocycles. The third-order valence-corrected chi connectivity index (χ3v) is 4.23. The van der Waals surface area contributed by atoms with Crippen LogP contribution >= 0.6 is 0 Å². The fraction of sp³-hybridized carbons (Fsp3) is 0.150. The smallest absolute Gasteiger partial charge is 0.265 e. The summed E-state index contributed by atoms with van der Waals surface area (Å²) in [6, 6.07) is 16.2. The van der Waals surface area contributed by atoms with Crippen molar-refractivity contribution in [2.45, 2.75) is 13.5 Å². The second kappa shape index (κ2) is 6.95. The van der Waals surface area contributed by atoms with Crippen molar-refractivity contribution in [1.82, 2.24) is 5.16 Å². The van der Waals surface area contributed by atoms with Crippen LogP contribution < -0.4 is 15.0 Å². The Morgan fingerprint density at radius 2 is 1.96 bits per heavy atom. The van der Waals surface area contributed by atoms with Gasteiger partial charge in [-0.3, -0.25) is 9.59 Å². The number of nitrogens with one attached hydrogen (secondary N) is 1. The zero-order chi connectivity index (χ0) is 18.8. The van der Waals surface area contributed by atoms with E-state index in [1.807, 2.05) is 36.4 Å². The van der Waals surface area contributed by atoms with Crippen molar-refractivity contribution in [2.75, 3.05) is 16.8 Å². The van der Waals surface area contributed by atoms with E-state index in [4.69, 9.17) is 9.26 Å². The third-order valence-electron chi connectivity index (χ3n) is 4.23. The van der Waals surface area contributed by atoms with Gasteiger partial charge in [0, 0.05) is 11.6 Å². The Bertz CT molecular complexity index is 994. The van der Waals surface area contributed by atoms with Crippen LogP contribution in [-0.4, -0.2) is 23.6 Å². The van der Waals surface area contributed by atoms with Crippen LogP contribution in [0.25, 0.3) is 0 Å². The van der Waals surface area contributed by atoms with E-state index in [0.29, 0.717) is 29.4 Å². The normalized spacial score (nSPS) is 13.1. The molecule has 2 heterocycles. The summed E-state index contributed by atoms with van der Waals surface area (Å²) in [4.78, 5) is 26.2. The standard InChI is InChI=1S/C20H17N3O4/c1-13-10-18(22-27-13)21-20(25)15-8-6-14(7-9-15)11-23-16-4-2-3-5-17(16)26-12-19(23)24/h2-10H,11-12H2,1H3,(H,21,22,25). The number of aryl methyl sites for hydroxylation is 1. The summed E-state index contributed by atoms with van der Waals surface area (Å²) in [5.41, 5.74) is 2.15. The van der Waals surface area contributed by atoms with Crippen LogP contribution in [0.15, 0.2) is 59.1 Å². The highest BCUT2D eigenvalue weighted by Crippen LogP contribution is 2.32. The minimum Gasteiger partial charge on any atom is -0.482 e. The first-order valence-electron chi connectivity index (χ1n) is 8.46. The summed E-state index contributed by atoms with van der Waals surface area (Å²) in [7, 11) is 0. The minimum absolute atomic E-state index is 0.0224. The van der Waals surface area contributed by atoms with Crippen molar-refractivity contribution in [2.24, 2.45) is 0 Å². The van der Waals surface area contributed by atoms with Gasteiger partial charge in [-0.05, 0) is 36.8 Å². The topological polar surface area (TPSA) is 84.7 Å². The summed E-state index contributed by atoms with van der Waals surface area (Å²) < 4.78 is 10.4. The number of aromatic nitrogens is 1. The number of hydrogen-bond acceptors (Lipinski definition) is 5. The summed E-state index contributed by atoms with van der Waals surface area (Å²) in [5, 5.41) is 6.42. The molecule has 27 heavy (non-hydrogen) atoms. The number of para-hydroxylation sites is 2. The maximum absolute atomic E-state index is 12.3. The van der Waals surface area contributed by atoms with Crippen LogP contribution in [0.1, 0.15) is 21.7 Å². The van der Waals surface area contributed by atoms with E-state index in [0.717, 1.165) is 11.3 Å². The van der Waals surface area contributed by atoms with E-state index in [2.05, 4.69) is 10.5 Å². The van der Waals surface area contributed by atoms with Crippen LogP contribution in [-0.2, 0) is 11.3 Å². The van der Waals surface area contributed by atoms with Gasteiger partial charge in [-0.2, -0.15) is 0 Å². The molecule has 2 aromatic carbocycles. The zero-order valence-electron chi connectivity index (χ0n) is 14.6. The maximum atomic E-state index is 12.3. The second-order valence-corrected chi connectivity index (χ2v) is 6.21. The van der Waals surface area contributed by atoms with Gasteiger partial charge in [0.05, 0.1) is 12.2 Å². The van der Waals surface area contributed by atoms with Crippen LogP contribution in [0, 0.1) is 6.92 Å². The fourth-order valence-electron chi connectivity index (χ4n) is 2.89. The Hall–Kier alpha value is -3.61. The molecular weight excluding hydrogens is 346 g/mol. The van der Waals surface area contributed by atoms with Gasteiger partial charge in [-0.1, -0.05) is 29.4 Å². The number of ether oxygens (including phenoxy) is 1. The highest BCUT2D eigenvalue weighted by atomic mass is 16.5. The van der Waals surface area contributed by atoms with Crippen molar-refractivity contribution in [1.29, 1.82) is 0 Å². The maximum Gasteiger partial charge on any atom is 0.265 e. The second-order valence-electron chi connectivity index (χ2n) is 6.21. The summed E-state index contributed by atoms with van der Waals surface area (Å²) in [6.07, 6.45) is 0. The molecule has 1 aliphatic rings. The first kappa shape index (κ1) is 16.8. The number of fused-ring (bicyclic) bond motifs is 1. The molecule has 3 aromatic rings. The molecule has 7 nitrogen and oxygen atoms in total. The molecule has 7 heteroatoms. The number of rotatable bonds is 4. The minimum atomic E-state index is -0.275. The van der Waals surface area contributed by atoms with Gasteiger partial charge >= 0.3 is 0 Å². The molecule has 0 fully saturated rings. The molecular formula is C20H17N3O4. The Morgan fingerprint density at radius 3 is 2.70 bits per heavy atom. The van der Waals surface area contributed by atoms with Gasteiger partial charge in [-0.15, -0.1) is 0 Å². The molecule has 136 valence electrons. The van der Waals surface area contributed by atoms with Crippen molar-refractivity contribution >= 4 is 23.3 Å². The molecule has 1 N–H and O–H groups in total. The summed E-state index contributed by atoms with van der Waals surface area (Å²) in [5.74, 6) is 1.31. The summed E-state index contributed by atoms with van der Waals surface area (Å²) in [6.45, 7) is 2.18. The van der Waals surface area contributed by atoms with Crippen molar-refractivity contribution in [3.63, 3.8) is 0 Å². The van der Waals surface area contributed by atoms with Gasteiger partial charge in [0.2, 0.25) is 0 Å². The Balaban J connectivity index is 1.48. The molecule has 1 aliphatic heterocycles. The SMILES string of the molecule is Cc1cc(NC(=O)c2ccc(CN3C(=O)COc4ccccc43)cc2)no1. The van der Waals surface area contributed by atoms with E-state index in [1.54, 1.807) is 30.0 Å². The lowest BCUT2D eigenvalue weighted by atomic mass is 10.1. The molecule has 0 radical (unpaired) electrons. The van der Waals surface area contributed by atoms with Crippen LogP contribution in [0.5, 0.6) is 5.75 Å². The van der Waals surface area contributed by atoms with Crippen LogP contribution in [0.3, 0.4) is 0 Å². The molecule has 4 rings (SSSR count). The first-order valence-corrected chi connectivity index (χ1v) is 8.46. The number of hydrogen-bond donors (Lipinski definition) is 1. The predicted molar refractivity (Wildman–Crippen MR) is 98.8 cm³/mol. The average Bonchev–Trinajstić information content (AvgIpc) is 3.09. The first-order chi connectivity index (χ1) is 13.1. The quantitative estimate of drug-likeness (QED) is 0.770.